The maximum absolute atomic E-state index is 9.27. The van der Waals surface area contributed by atoms with Gasteiger partial charge >= 0.3 is 0 Å². The quantitative estimate of drug-likeness (QED) is 0.678. The molecule has 0 radical (unpaired) electrons. The van der Waals surface area contributed by atoms with Gasteiger partial charge in [-0.1, -0.05) is 6.42 Å². The molecule has 1 heterocycles. The van der Waals surface area contributed by atoms with Crippen LogP contribution in [0.4, 0.5) is 0 Å². The van der Waals surface area contributed by atoms with Crippen molar-refractivity contribution in [2.75, 3.05) is 27.3 Å². The summed E-state index contributed by atoms with van der Waals surface area (Å²) >= 11 is 0. The first kappa shape index (κ1) is 9.95. The van der Waals surface area contributed by atoms with Crippen molar-refractivity contribution in [1.82, 2.24) is 4.90 Å². The molecule has 14 heavy (non-hydrogen) atoms. The van der Waals surface area contributed by atoms with Gasteiger partial charge in [-0.3, -0.25) is 0 Å². The first-order valence-electron chi connectivity index (χ1n) is 5.35. The molecular weight excluding hydrogens is 176 g/mol. The minimum absolute atomic E-state index is 0.214. The normalized spacial score (nSPS) is 27.6. The van der Waals surface area contributed by atoms with Crippen LogP contribution in [0.3, 0.4) is 0 Å². The SMILES string of the molecule is CN(C)C(C1CCC1)C1(C#N)COC1. The molecule has 0 spiro atoms. The summed E-state index contributed by atoms with van der Waals surface area (Å²) in [6.45, 7) is 1.26. The van der Waals surface area contributed by atoms with E-state index < -0.39 is 0 Å². The summed E-state index contributed by atoms with van der Waals surface area (Å²) in [5, 5.41) is 9.27. The van der Waals surface area contributed by atoms with Crippen LogP contribution in [-0.4, -0.2) is 38.3 Å². The van der Waals surface area contributed by atoms with Gasteiger partial charge in [0, 0.05) is 6.04 Å². The number of hydrogen-bond acceptors (Lipinski definition) is 3. The van der Waals surface area contributed by atoms with Crippen LogP contribution in [0.25, 0.3) is 0 Å². The van der Waals surface area contributed by atoms with Crippen molar-refractivity contribution in [3.8, 4) is 6.07 Å². The van der Waals surface area contributed by atoms with E-state index in [9.17, 15) is 5.26 Å². The molecule has 1 saturated carbocycles. The fraction of sp³-hybridized carbons (Fsp3) is 0.909. The molecule has 3 nitrogen and oxygen atoms in total. The van der Waals surface area contributed by atoms with E-state index in [1.54, 1.807) is 0 Å². The van der Waals surface area contributed by atoms with Gasteiger partial charge < -0.3 is 9.64 Å². The summed E-state index contributed by atoms with van der Waals surface area (Å²) < 4.78 is 5.23. The van der Waals surface area contributed by atoms with Crippen LogP contribution in [-0.2, 0) is 4.74 Å². The molecule has 0 aromatic heterocycles. The van der Waals surface area contributed by atoms with Crippen molar-refractivity contribution < 1.29 is 4.74 Å². The molecule has 78 valence electrons. The molecule has 1 aliphatic carbocycles. The predicted molar refractivity (Wildman–Crippen MR) is 53.7 cm³/mol. The van der Waals surface area contributed by atoms with Gasteiger partial charge in [-0.2, -0.15) is 5.26 Å². The van der Waals surface area contributed by atoms with Crippen molar-refractivity contribution in [1.29, 1.82) is 5.26 Å². The van der Waals surface area contributed by atoms with E-state index in [-0.39, 0.29) is 5.41 Å². The standard InChI is InChI=1S/C11H18N2O/c1-13(2)10(9-4-3-5-9)11(6-12)7-14-8-11/h9-10H,3-5,7-8H2,1-2H3. The topological polar surface area (TPSA) is 36.3 Å². The van der Waals surface area contributed by atoms with Gasteiger partial charge in [-0.25, -0.2) is 0 Å². The maximum Gasteiger partial charge on any atom is 0.119 e. The third-order valence-electron chi connectivity index (χ3n) is 3.66. The van der Waals surface area contributed by atoms with Gasteiger partial charge in [-0.05, 0) is 32.9 Å². The number of ether oxygens (including phenoxy) is 1. The molecule has 0 bridgehead atoms. The Kier molecular flexibility index (Phi) is 2.50. The Morgan fingerprint density at radius 3 is 2.29 bits per heavy atom. The largest absolute Gasteiger partial charge is 0.378 e. The second-order valence-corrected chi connectivity index (χ2v) is 4.86. The van der Waals surface area contributed by atoms with E-state index >= 15 is 0 Å². The smallest absolute Gasteiger partial charge is 0.119 e. The Morgan fingerprint density at radius 1 is 1.43 bits per heavy atom. The Hall–Kier alpha value is -0.590. The lowest BCUT2D eigenvalue weighted by molar-refractivity contribution is -0.133. The lowest BCUT2D eigenvalue weighted by Crippen LogP contribution is -2.59. The average Bonchev–Trinajstić information content (AvgIpc) is 1.97. The Labute approximate surface area is 85.6 Å². The third-order valence-corrected chi connectivity index (χ3v) is 3.66. The summed E-state index contributed by atoms with van der Waals surface area (Å²) in [6, 6.07) is 2.88. The lowest BCUT2D eigenvalue weighted by Gasteiger charge is -2.50. The van der Waals surface area contributed by atoms with E-state index in [1.165, 1.54) is 19.3 Å². The molecule has 2 aliphatic rings. The summed E-state index contributed by atoms with van der Waals surface area (Å²) in [4.78, 5) is 2.22. The zero-order chi connectivity index (χ0) is 10.2. The Balaban J connectivity index is 2.13. The highest BCUT2D eigenvalue weighted by Crippen LogP contribution is 2.43. The molecule has 1 saturated heterocycles. The van der Waals surface area contributed by atoms with Gasteiger partial charge in [0.25, 0.3) is 0 Å². The lowest BCUT2D eigenvalue weighted by atomic mass is 9.66. The van der Waals surface area contributed by atoms with E-state index in [4.69, 9.17) is 4.74 Å². The highest BCUT2D eigenvalue weighted by molar-refractivity contribution is 5.13. The van der Waals surface area contributed by atoms with Crippen molar-refractivity contribution >= 4 is 0 Å². The Bertz CT molecular complexity index is 249. The van der Waals surface area contributed by atoms with Crippen LogP contribution in [0.1, 0.15) is 19.3 Å². The molecule has 2 fully saturated rings. The third kappa shape index (κ3) is 1.34. The van der Waals surface area contributed by atoms with E-state index in [0.29, 0.717) is 25.2 Å². The molecule has 0 aromatic carbocycles. The summed E-state index contributed by atoms with van der Waals surface area (Å²) in [6.07, 6.45) is 3.90. The van der Waals surface area contributed by atoms with E-state index in [0.717, 1.165) is 0 Å². The van der Waals surface area contributed by atoms with Crippen molar-refractivity contribution in [2.24, 2.45) is 11.3 Å². The first-order chi connectivity index (χ1) is 6.69. The summed E-state index contributed by atoms with van der Waals surface area (Å²) in [7, 11) is 4.17. The molecule has 1 atom stereocenters. The monoisotopic (exact) mass is 194 g/mol. The second-order valence-electron chi connectivity index (χ2n) is 4.86. The van der Waals surface area contributed by atoms with Crippen LogP contribution in [0.5, 0.6) is 0 Å². The fourth-order valence-electron chi connectivity index (χ4n) is 2.75. The van der Waals surface area contributed by atoms with Gasteiger partial charge in [-0.15, -0.1) is 0 Å². The summed E-state index contributed by atoms with van der Waals surface area (Å²) in [5.41, 5.74) is -0.214. The number of hydrogen-bond donors (Lipinski definition) is 0. The molecule has 1 unspecified atom stereocenters. The molecule has 0 amide bonds. The van der Waals surface area contributed by atoms with E-state index in [1.807, 2.05) is 0 Å². The van der Waals surface area contributed by atoms with Gasteiger partial charge in [0.15, 0.2) is 0 Å². The van der Waals surface area contributed by atoms with Crippen LogP contribution in [0.15, 0.2) is 0 Å². The highest BCUT2D eigenvalue weighted by atomic mass is 16.5. The zero-order valence-electron chi connectivity index (χ0n) is 8.99. The molecule has 0 N–H and O–H groups in total. The van der Waals surface area contributed by atoms with Crippen molar-refractivity contribution in [2.45, 2.75) is 25.3 Å². The maximum atomic E-state index is 9.27. The minimum atomic E-state index is -0.214. The number of nitriles is 1. The highest BCUT2D eigenvalue weighted by Gasteiger charge is 2.51. The van der Waals surface area contributed by atoms with E-state index in [2.05, 4.69) is 25.1 Å². The van der Waals surface area contributed by atoms with Gasteiger partial charge in [0.1, 0.15) is 5.41 Å². The number of rotatable bonds is 3. The first-order valence-corrected chi connectivity index (χ1v) is 5.35. The van der Waals surface area contributed by atoms with Crippen molar-refractivity contribution in [3.63, 3.8) is 0 Å². The van der Waals surface area contributed by atoms with Gasteiger partial charge in [0.2, 0.25) is 0 Å². The zero-order valence-corrected chi connectivity index (χ0v) is 8.99. The Morgan fingerprint density at radius 2 is 2.07 bits per heavy atom. The molecular formula is C11H18N2O. The predicted octanol–water partition coefficient (Wildman–Crippen LogP) is 1.26. The van der Waals surface area contributed by atoms with Crippen molar-refractivity contribution in [3.05, 3.63) is 0 Å². The summed E-state index contributed by atoms with van der Waals surface area (Å²) in [5.74, 6) is 0.716. The molecule has 3 heteroatoms. The van der Waals surface area contributed by atoms with Crippen LogP contribution < -0.4 is 0 Å². The minimum Gasteiger partial charge on any atom is -0.378 e. The molecule has 0 aromatic rings. The number of nitrogens with zero attached hydrogens (tertiary/aromatic N) is 2. The van der Waals surface area contributed by atoms with Crippen LogP contribution in [0, 0.1) is 22.7 Å². The van der Waals surface area contributed by atoms with Gasteiger partial charge in [0.05, 0.1) is 19.3 Å². The van der Waals surface area contributed by atoms with Crippen LogP contribution >= 0.6 is 0 Å². The fourth-order valence-corrected chi connectivity index (χ4v) is 2.75. The molecule has 1 aliphatic heterocycles. The average molecular weight is 194 g/mol. The van der Waals surface area contributed by atoms with Crippen LogP contribution in [0.2, 0.25) is 0 Å². The molecule has 2 rings (SSSR count). The second kappa shape index (κ2) is 3.52.